The molecule has 1 aliphatic carbocycles. The maximum Gasteiger partial charge on any atom is 0.165 e. The second kappa shape index (κ2) is 26.2. The Balaban J connectivity index is 0.000000171. The van der Waals surface area contributed by atoms with Crippen LogP contribution in [0.25, 0.3) is 0 Å². The van der Waals surface area contributed by atoms with E-state index < -0.39 is 0 Å². The van der Waals surface area contributed by atoms with Crippen molar-refractivity contribution in [3.05, 3.63) is 89.5 Å². The van der Waals surface area contributed by atoms with Gasteiger partial charge in [0.2, 0.25) is 0 Å². The predicted molar refractivity (Wildman–Crippen MR) is 241 cm³/mol. The van der Waals surface area contributed by atoms with Crippen molar-refractivity contribution in [2.45, 2.75) is 97.8 Å². The van der Waals surface area contributed by atoms with Crippen LogP contribution in [0.1, 0.15) is 124 Å². The van der Waals surface area contributed by atoms with Gasteiger partial charge in [0, 0.05) is 42.6 Å². The topological polar surface area (TPSA) is 95.3 Å². The molecule has 0 bridgehead atoms. The van der Waals surface area contributed by atoms with Gasteiger partial charge in [-0.05, 0) is 189 Å². The molecule has 3 saturated heterocycles. The molecular weight excluding hydrogens is 749 g/mol. The van der Waals surface area contributed by atoms with E-state index in [9.17, 15) is 9.59 Å². The fraction of sp³-hybridized carbons (Fsp3) is 0.588. The molecule has 4 fully saturated rings. The number of rotatable bonds is 18. The van der Waals surface area contributed by atoms with E-state index in [1.165, 1.54) is 90.6 Å². The quantitative estimate of drug-likeness (QED) is 0.0918. The summed E-state index contributed by atoms with van der Waals surface area (Å²) in [5.74, 6) is 4.68. The molecule has 0 unspecified atom stereocenters. The number of ketones is 2. The number of likely N-dealkylation sites (tertiary alicyclic amines) is 3. The van der Waals surface area contributed by atoms with Crippen molar-refractivity contribution < 1.29 is 23.8 Å². The molecule has 3 aromatic carbocycles. The molecular formula is C51H72N4O5. The summed E-state index contributed by atoms with van der Waals surface area (Å²) in [5, 5.41) is 8.71. The van der Waals surface area contributed by atoms with E-state index in [0.29, 0.717) is 23.2 Å². The maximum atomic E-state index is 11.9. The van der Waals surface area contributed by atoms with E-state index in [4.69, 9.17) is 19.5 Å². The number of ether oxygens (including phenoxy) is 3. The smallest absolute Gasteiger partial charge is 0.165 e. The first kappa shape index (κ1) is 46.8. The van der Waals surface area contributed by atoms with Crippen molar-refractivity contribution in [3.8, 4) is 23.3 Å². The summed E-state index contributed by atoms with van der Waals surface area (Å²) < 4.78 is 17.3. The van der Waals surface area contributed by atoms with Crippen molar-refractivity contribution in [3.63, 3.8) is 0 Å². The fourth-order valence-electron chi connectivity index (χ4n) is 8.01. The molecule has 0 aromatic heterocycles. The predicted octanol–water partition coefficient (Wildman–Crippen LogP) is 9.98. The van der Waals surface area contributed by atoms with Crippen molar-refractivity contribution in [2.24, 2.45) is 17.8 Å². The Bertz CT molecular complexity index is 1700. The molecule has 0 amide bonds. The molecule has 60 heavy (non-hydrogen) atoms. The highest BCUT2D eigenvalue weighted by Gasteiger charge is 2.30. The Morgan fingerprint density at radius 3 is 1.60 bits per heavy atom. The summed E-state index contributed by atoms with van der Waals surface area (Å²) in [7, 11) is 0. The largest absolute Gasteiger partial charge is 0.494 e. The van der Waals surface area contributed by atoms with Crippen LogP contribution in [0.2, 0.25) is 0 Å². The molecule has 0 spiro atoms. The molecule has 3 aromatic rings. The van der Waals surface area contributed by atoms with Gasteiger partial charge in [0.05, 0.1) is 31.5 Å². The van der Waals surface area contributed by atoms with E-state index in [2.05, 4.69) is 34.6 Å². The minimum atomic E-state index is 0.0926. The SMILES string of the molecule is CC(=O)c1ccc(OC[C@H](C)CN2CCCCC2)cc1.CC1CCN(CCCOc2ccc(C#N)cc2)CC1.O=C(c1ccc(OCCCN2CCCCC2)cc1)C1CC1. The third-order valence-electron chi connectivity index (χ3n) is 12.0. The summed E-state index contributed by atoms with van der Waals surface area (Å²) in [6.07, 6.45) is 15.0. The van der Waals surface area contributed by atoms with Crippen molar-refractivity contribution >= 4 is 11.6 Å². The standard InChI is InChI=1S/C18H25NO2.C17H25NO2.C16H22N2O/c20-18(15-5-6-15)16-7-9-17(10-8-16)21-14-4-13-19-11-2-1-3-12-19;1-14(12-18-10-4-3-5-11-18)13-20-17-8-6-16(7-9-17)15(2)19;1-14-7-10-18(11-8-14)9-2-12-19-16-5-3-15(13-17)4-6-16/h7-10,15H,1-6,11-14H2;6-9,14H,3-5,10-13H2,1-2H3;3-6,14H,2,7-12H2,1H3/t;14-;/m.1./s1. The van der Waals surface area contributed by atoms with Crippen LogP contribution in [-0.2, 0) is 0 Å². The van der Waals surface area contributed by atoms with E-state index in [1.54, 1.807) is 19.1 Å². The summed E-state index contributed by atoms with van der Waals surface area (Å²) in [5.41, 5.74) is 2.24. The van der Waals surface area contributed by atoms with Gasteiger partial charge in [-0.3, -0.25) is 9.59 Å². The number of hydrogen-bond donors (Lipinski definition) is 0. The van der Waals surface area contributed by atoms with Gasteiger partial charge < -0.3 is 28.9 Å². The van der Waals surface area contributed by atoms with Crippen LogP contribution in [-0.4, -0.2) is 105 Å². The lowest BCUT2D eigenvalue weighted by Crippen LogP contribution is -2.35. The van der Waals surface area contributed by atoms with E-state index in [1.807, 2.05) is 60.7 Å². The normalized spacial score (nSPS) is 18.1. The molecule has 7 rings (SSSR count). The van der Waals surface area contributed by atoms with Gasteiger partial charge in [0.25, 0.3) is 0 Å². The first-order chi connectivity index (χ1) is 29.2. The number of piperidine rings is 3. The van der Waals surface area contributed by atoms with Gasteiger partial charge in [-0.15, -0.1) is 0 Å². The third-order valence-corrected chi connectivity index (χ3v) is 12.0. The highest BCUT2D eigenvalue weighted by atomic mass is 16.5. The minimum absolute atomic E-state index is 0.0926. The van der Waals surface area contributed by atoms with Crippen molar-refractivity contribution in [2.75, 3.05) is 78.7 Å². The average molecular weight is 821 g/mol. The number of carbonyl (C=O) groups is 2. The van der Waals surface area contributed by atoms with E-state index in [0.717, 1.165) is 99.4 Å². The Morgan fingerprint density at radius 1 is 0.633 bits per heavy atom. The molecule has 4 aliphatic rings. The number of nitrogens with zero attached hydrogens (tertiary/aromatic N) is 4. The van der Waals surface area contributed by atoms with Crippen LogP contribution in [0, 0.1) is 29.1 Å². The Labute approximate surface area is 361 Å². The van der Waals surface area contributed by atoms with Crippen LogP contribution in [0.3, 0.4) is 0 Å². The zero-order valence-corrected chi connectivity index (χ0v) is 37.0. The Morgan fingerprint density at radius 2 is 1.10 bits per heavy atom. The first-order valence-corrected chi connectivity index (χ1v) is 23.1. The molecule has 3 aliphatic heterocycles. The third kappa shape index (κ3) is 17.8. The number of Topliss-reactive ketones (excluding diaryl/α,β-unsaturated/α-hetero) is 2. The van der Waals surface area contributed by atoms with Gasteiger partial charge in [-0.2, -0.15) is 5.26 Å². The second-order valence-corrected chi connectivity index (χ2v) is 17.5. The zero-order valence-electron chi connectivity index (χ0n) is 37.0. The minimum Gasteiger partial charge on any atom is -0.494 e. The lowest BCUT2D eigenvalue weighted by atomic mass is 9.99. The maximum absolute atomic E-state index is 11.9. The molecule has 9 nitrogen and oxygen atoms in total. The number of carbonyl (C=O) groups excluding carboxylic acids is 2. The summed E-state index contributed by atoms with van der Waals surface area (Å²) in [6, 6.07) is 24.5. The number of nitriles is 1. The molecule has 3 heterocycles. The van der Waals surface area contributed by atoms with Crippen LogP contribution in [0.4, 0.5) is 0 Å². The van der Waals surface area contributed by atoms with Crippen LogP contribution in [0.5, 0.6) is 17.2 Å². The zero-order chi connectivity index (χ0) is 42.4. The molecule has 9 heteroatoms. The van der Waals surface area contributed by atoms with Crippen molar-refractivity contribution in [1.29, 1.82) is 5.26 Å². The van der Waals surface area contributed by atoms with Crippen LogP contribution < -0.4 is 14.2 Å². The van der Waals surface area contributed by atoms with Crippen molar-refractivity contribution in [1.82, 2.24) is 14.7 Å². The molecule has 0 N–H and O–H groups in total. The number of hydrogen-bond acceptors (Lipinski definition) is 9. The van der Waals surface area contributed by atoms with Gasteiger partial charge in [0.1, 0.15) is 17.2 Å². The summed E-state index contributed by atoms with van der Waals surface area (Å²) >= 11 is 0. The molecule has 0 radical (unpaired) electrons. The van der Waals surface area contributed by atoms with Gasteiger partial charge in [-0.1, -0.05) is 26.7 Å². The van der Waals surface area contributed by atoms with E-state index in [-0.39, 0.29) is 5.78 Å². The molecule has 326 valence electrons. The highest BCUT2D eigenvalue weighted by Crippen LogP contribution is 2.33. The van der Waals surface area contributed by atoms with E-state index >= 15 is 0 Å². The lowest BCUT2D eigenvalue weighted by molar-refractivity contribution is 0.0966. The van der Waals surface area contributed by atoms with Crippen LogP contribution in [0.15, 0.2) is 72.8 Å². The molecule has 1 atom stereocenters. The lowest BCUT2D eigenvalue weighted by Gasteiger charge is -2.30. The average Bonchev–Trinajstić information content (AvgIpc) is 4.14. The highest BCUT2D eigenvalue weighted by molar-refractivity contribution is 5.99. The Kier molecular flexibility index (Phi) is 20.4. The summed E-state index contributed by atoms with van der Waals surface area (Å²) in [4.78, 5) is 30.7. The monoisotopic (exact) mass is 821 g/mol. The molecule has 1 saturated carbocycles. The first-order valence-electron chi connectivity index (χ1n) is 23.1. The second-order valence-electron chi connectivity index (χ2n) is 17.5. The van der Waals surface area contributed by atoms with Gasteiger partial charge in [0.15, 0.2) is 11.6 Å². The van der Waals surface area contributed by atoms with Gasteiger partial charge in [-0.25, -0.2) is 0 Å². The number of benzene rings is 3. The van der Waals surface area contributed by atoms with Gasteiger partial charge >= 0.3 is 0 Å². The fourth-order valence-corrected chi connectivity index (χ4v) is 8.01. The summed E-state index contributed by atoms with van der Waals surface area (Å²) in [6.45, 7) is 19.2. The van der Waals surface area contributed by atoms with Crippen LogP contribution >= 0.6 is 0 Å². The Hall–Kier alpha value is -4.23.